The van der Waals surface area contributed by atoms with E-state index in [0.29, 0.717) is 0 Å². The van der Waals surface area contributed by atoms with Crippen LogP contribution in [0.4, 0.5) is 0 Å². The second-order valence-electron chi connectivity index (χ2n) is 17.8. The minimum absolute atomic E-state index is 0.0314. The maximum Gasteiger partial charge on any atom is 0.0544 e. The summed E-state index contributed by atoms with van der Waals surface area (Å²) in [6.45, 7) is 16.5. The number of aromatic nitrogens is 1. The summed E-state index contributed by atoms with van der Waals surface area (Å²) in [4.78, 5) is 0. The van der Waals surface area contributed by atoms with Crippen molar-refractivity contribution in [1.82, 2.24) is 4.57 Å². The van der Waals surface area contributed by atoms with E-state index in [9.17, 15) is 0 Å². The second kappa shape index (κ2) is 11.8. The molecule has 268 valence electrons. The quantitative estimate of drug-likeness (QED) is 0.172. The zero-order chi connectivity index (χ0) is 37.9. The highest BCUT2D eigenvalue weighted by molar-refractivity contribution is 6.12. The number of hydrogen-bond acceptors (Lipinski definition) is 0. The highest BCUT2D eigenvalue weighted by Gasteiger charge is 2.38. The lowest BCUT2D eigenvalue weighted by atomic mass is 9.65. The van der Waals surface area contributed by atoms with Crippen molar-refractivity contribution in [2.45, 2.75) is 64.7 Å². The molecule has 0 amide bonds. The molecule has 0 spiro atoms. The average Bonchev–Trinajstić information content (AvgIpc) is 3.63. The van der Waals surface area contributed by atoms with Gasteiger partial charge in [-0.3, -0.25) is 0 Å². The molecule has 0 saturated heterocycles. The number of nitrogens with zero attached hydrogens (tertiary/aromatic N) is 1. The first-order valence-corrected chi connectivity index (χ1v) is 19.8. The van der Waals surface area contributed by atoms with Crippen LogP contribution in [0, 0.1) is 0 Å². The Morgan fingerprint density at radius 3 is 1.64 bits per heavy atom. The first-order chi connectivity index (χ1) is 26.4. The van der Waals surface area contributed by atoms with E-state index in [2.05, 4.69) is 211 Å². The van der Waals surface area contributed by atoms with Crippen LogP contribution in [0.5, 0.6) is 0 Å². The van der Waals surface area contributed by atoms with Crippen molar-refractivity contribution in [1.29, 1.82) is 0 Å². The van der Waals surface area contributed by atoms with Crippen molar-refractivity contribution in [3.8, 4) is 16.8 Å². The topological polar surface area (TPSA) is 4.93 Å². The average molecular weight is 710 g/mol. The molecule has 1 nitrogen and oxygen atoms in total. The van der Waals surface area contributed by atoms with Crippen molar-refractivity contribution in [3.05, 3.63) is 208 Å². The van der Waals surface area contributed by atoms with Gasteiger partial charge in [0.05, 0.1) is 11.0 Å². The van der Waals surface area contributed by atoms with Gasteiger partial charge in [-0.05, 0) is 114 Å². The maximum atomic E-state index is 2.55. The van der Waals surface area contributed by atoms with Gasteiger partial charge >= 0.3 is 0 Å². The standard InChI is InChI=1S/C54H47N/c1-52(2,3)36-26-29-48-41(30-36)42-32-40-38-22-14-16-24-44(38)54(6,7)47(40)33-49(42)55(48)37-27-28-46-43(31-37)51(39-23-15-17-25-45(39)53(46,4)5)50(34-18-10-8-11-19-34)35-20-12-9-13-21-35/h8-33H,1-7H3. The Morgan fingerprint density at radius 1 is 0.436 bits per heavy atom. The Balaban J connectivity index is 1.32. The summed E-state index contributed by atoms with van der Waals surface area (Å²) in [7, 11) is 0. The van der Waals surface area contributed by atoms with Gasteiger partial charge in [-0.1, -0.05) is 170 Å². The maximum absolute atomic E-state index is 2.55. The third-order valence-corrected chi connectivity index (χ3v) is 12.8. The van der Waals surface area contributed by atoms with E-state index in [1.165, 1.54) is 99.8 Å². The summed E-state index contributed by atoms with van der Waals surface area (Å²) in [5, 5.41) is 2.61. The smallest absolute Gasteiger partial charge is 0.0544 e. The van der Waals surface area contributed by atoms with Crippen LogP contribution in [0.25, 0.3) is 49.8 Å². The highest BCUT2D eigenvalue weighted by atomic mass is 15.0. The summed E-state index contributed by atoms with van der Waals surface area (Å²) in [6, 6.07) is 59.5. The van der Waals surface area contributed by atoms with Crippen LogP contribution in [-0.2, 0) is 16.2 Å². The molecular weight excluding hydrogens is 663 g/mol. The minimum Gasteiger partial charge on any atom is -0.309 e. The van der Waals surface area contributed by atoms with Crippen molar-refractivity contribution < 1.29 is 0 Å². The zero-order valence-electron chi connectivity index (χ0n) is 33.0. The number of rotatable bonds is 3. The third kappa shape index (κ3) is 4.92. The van der Waals surface area contributed by atoms with Gasteiger partial charge in [0.25, 0.3) is 0 Å². The SMILES string of the molecule is CC(C)(C)c1ccc2c(c1)c1cc3c(cc1n2-c1ccc2c(c1)C(=C(c1ccccc1)c1ccccc1)c1ccccc1C2(C)C)C(C)(C)c1ccccc1-3. The molecule has 55 heavy (non-hydrogen) atoms. The molecule has 2 aliphatic carbocycles. The Morgan fingerprint density at radius 2 is 0.982 bits per heavy atom. The van der Waals surface area contributed by atoms with Crippen LogP contribution in [0.1, 0.15) is 98.5 Å². The first-order valence-electron chi connectivity index (χ1n) is 19.8. The fraction of sp³-hybridized carbons (Fsp3) is 0.185. The van der Waals surface area contributed by atoms with Crippen LogP contribution in [0.15, 0.2) is 158 Å². The summed E-state index contributed by atoms with van der Waals surface area (Å²) in [5.74, 6) is 0. The lowest BCUT2D eigenvalue weighted by Crippen LogP contribution is -2.27. The molecular formula is C54H47N. The second-order valence-corrected chi connectivity index (χ2v) is 17.8. The van der Waals surface area contributed by atoms with Crippen LogP contribution >= 0.6 is 0 Å². The Bertz CT molecular complexity index is 2830. The van der Waals surface area contributed by atoms with Gasteiger partial charge < -0.3 is 4.57 Å². The fourth-order valence-corrected chi connectivity index (χ4v) is 9.85. The van der Waals surface area contributed by atoms with E-state index < -0.39 is 0 Å². The highest BCUT2D eigenvalue weighted by Crippen LogP contribution is 2.53. The predicted octanol–water partition coefficient (Wildman–Crippen LogP) is 14.0. The van der Waals surface area contributed by atoms with E-state index in [-0.39, 0.29) is 16.2 Å². The van der Waals surface area contributed by atoms with E-state index >= 15 is 0 Å². The predicted molar refractivity (Wildman–Crippen MR) is 234 cm³/mol. The minimum atomic E-state index is -0.189. The van der Waals surface area contributed by atoms with Crippen LogP contribution in [0.3, 0.4) is 0 Å². The summed E-state index contributed by atoms with van der Waals surface area (Å²) >= 11 is 0. The molecule has 0 saturated carbocycles. The van der Waals surface area contributed by atoms with Gasteiger partial charge in [-0.2, -0.15) is 0 Å². The fourth-order valence-electron chi connectivity index (χ4n) is 9.85. The van der Waals surface area contributed by atoms with Crippen LogP contribution in [-0.4, -0.2) is 4.57 Å². The molecule has 0 radical (unpaired) electrons. The molecule has 8 aromatic rings. The molecule has 0 bridgehead atoms. The molecule has 10 rings (SSSR count). The van der Waals surface area contributed by atoms with Crippen molar-refractivity contribution >= 4 is 33.0 Å². The number of benzene rings is 7. The Labute approximate surface area is 325 Å². The summed E-state index contributed by atoms with van der Waals surface area (Å²) in [6.07, 6.45) is 0. The molecule has 0 fully saturated rings. The van der Waals surface area contributed by atoms with E-state index in [0.717, 1.165) is 0 Å². The Kier molecular flexibility index (Phi) is 7.21. The lowest BCUT2D eigenvalue weighted by molar-refractivity contribution is 0.591. The van der Waals surface area contributed by atoms with Crippen molar-refractivity contribution in [2.75, 3.05) is 0 Å². The monoisotopic (exact) mass is 709 g/mol. The zero-order valence-corrected chi connectivity index (χ0v) is 33.0. The third-order valence-electron chi connectivity index (χ3n) is 12.8. The van der Waals surface area contributed by atoms with Crippen LogP contribution < -0.4 is 0 Å². The number of fused-ring (bicyclic) bond motifs is 8. The molecule has 0 unspecified atom stereocenters. The van der Waals surface area contributed by atoms with Crippen molar-refractivity contribution in [2.24, 2.45) is 0 Å². The molecule has 0 atom stereocenters. The molecule has 2 aliphatic rings. The van der Waals surface area contributed by atoms with Gasteiger partial charge in [-0.25, -0.2) is 0 Å². The van der Waals surface area contributed by atoms with E-state index in [4.69, 9.17) is 0 Å². The van der Waals surface area contributed by atoms with Gasteiger partial charge in [0.1, 0.15) is 0 Å². The summed E-state index contributed by atoms with van der Waals surface area (Å²) in [5.41, 5.74) is 20.6. The van der Waals surface area contributed by atoms with Gasteiger partial charge in [0, 0.05) is 27.3 Å². The largest absolute Gasteiger partial charge is 0.309 e. The molecule has 7 aromatic carbocycles. The van der Waals surface area contributed by atoms with Gasteiger partial charge in [0.2, 0.25) is 0 Å². The molecule has 1 aromatic heterocycles. The van der Waals surface area contributed by atoms with Gasteiger partial charge in [-0.15, -0.1) is 0 Å². The first kappa shape index (κ1) is 33.6. The van der Waals surface area contributed by atoms with E-state index in [1.54, 1.807) is 0 Å². The van der Waals surface area contributed by atoms with Crippen LogP contribution in [0.2, 0.25) is 0 Å². The van der Waals surface area contributed by atoms with E-state index in [1.807, 2.05) is 0 Å². The Hall–Kier alpha value is -5.92. The normalized spacial score (nSPS) is 15.1. The number of hydrogen-bond donors (Lipinski definition) is 0. The van der Waals surface area contributed by atoms with Gasteiger partial charge in [0.15, 0.2) is 0 Å². The van der Waals surface area contributed by atoms with Crippen molar-refractivity contribution in [3.63, 3.8) is 0 Å². The molecule has 1 heteroatoms. The molecule has 1 heterocycles. The molecule has 0 N–H and O–H groups in total. The lowest BCUT2D eigenvalue weighted by Gasteiger charge is -2.38. The molecule has 0 aliphatic heterocycles. The summed E-state index contributed by atoms with van der Waals surface area (Å²) < 4.78 is 2.55.